The number of nitrogens with zero attached hydrogens (tertiary/aromatic N) is 1. The standard InChI is InChI=1S/C18H21N/c1-4-13(3)14-10-11-18-16(12-14)15-8-6-7-9-17(15)19(18)5-2/h6-13H,4-5H2,1-3H3. The van der Waals surface area contributed by atoms with E-state index in [4.69, 9.17) is 0 Å². The van der Waals surface area contributed by atoms with Gasteiger partial charge in [-0.25, -0.2) is 0 Å². The van der Waals surface area contributed by atoms with Crippen LogP contribution in [0.25, 0.3) is 21.8 Å². The molecule has 0 aliphatic rings. The minimum atomic E-state index is 0.633. The summed E-state index contributed by atoms with van der Waals surface area (Å²) in [4.78, 5) is 0. The molecule has 1 aromatic heterocycles. The van der Waals surface area contributed by atoms with Crippen LogP contribution in [0.1, 0.15) is 38.7 Å². The second kappa shape index (κ2) is 4.73. The second-order valence-electron chi connectivity index (χ2n) is 5.35. The van der Waals surface area contributed by atoms with E-state index < -0.39 is 0 Å². The molecule has 1 unspecified atom stereocenters. The number of aryl methyl sites for hydroxylation is 1. The summed E-state index contributed by atoms with van der Waals surface area (Å²) >= 11 is 0. The third-order valence-electron chi connectivity index (χ3n) is 4.29. The summed E-state index contributed by atoms with van der Waals surface area (Å²) in [5.41, 5.74) is 4.16. The number of para-hydroxylation sites is 1. The summed E-state index contributed by atoms with van der Waals surface area (Å²) in [6, 6.07) is 15.7. The Morgan fingerprint density at radius 2 is 1.68 bits per heavy atom. The summed E-state index contributed by atoms with van der Waals surface area (Å²) < 4.78 is 2.41. The van der Waals surface area contributed by atoms with Gasteiger partial charge in [-0.1, -0.05) is 38.1 Å². The van der Waals surface area contributed by atoms with Crippen molar-refractivity contribution < 1.29 is 0 Å². The molecular formula is C18H21N. The Hall–Kier alpha value is -1.76. The van der Waals surface area contributed by atoms with Crippen molar-refractivity contribution in [3.8, 4) is 0 Å². The molecule has 3 aromatic rings. The van der Waals surface area contributed by atoms with Gasteiger partial charge in [0.05, 0.1) is 0 Å². The lowest BCUT2D eigenvalue weighted by Gasteiger charge is -2.09. The van der Waals surface area contributed by atoms with E-state index in [-0.39, 0.29) is 0 Å². The lowest BCUT2D eigenvalue weighted by molar-refractivity contribution is 0.734. The van der Waals surface area contributed by atoms with Crippen LogP contribution in [0.4, 0.5) is 0 Å². The molecule has 0 N–H and O–H groups in total. The fourth-order valence-corrected chi connectivity index (χ4v) is 2.95. The molecule has 1 heterocycles. The number of fused-ring (bicyclic) bond motifs is 3. The first-order valence-corrected chi connectivity index (χ1v) is 7.27. The highest BCUT2D eigenvalue weighted by Gasteiger charge is 2.11. The van der Waals surface area contributed by atoms with Crippen LogP contribution in [-0.2, 0) is 6.54 Å². The molecule has 98 valence electrons. The monoisotopic (exact) mass is 251 g/mol. The number of aromatic nitrogens is 1. The van der Waals surface area contributed by atoms with Crippen molar-refractivity contribution in [3.05, 3.63) is 48.0 Å². The highest BCUT2D eigenvalue weighted by Crippen LogP contribution is 2.31. The van der Waals surface area contributed by atoms with E-state index in [0.29, 0.717) is 5.92 Å². The third kappa shape index (κ3) is 1.85. The minimum absolute atomic E-state index is 0.633. The Bertz CT molecular complexity index is 721. The fraction of sp³-hybridized carbons (Fsp3) is 0.333. The Morgan fingerprint density at radius 3 is 2.42 bits per heavy atom. The predicted molar refractivity (Wildman–Crippen MR) is 83.8 cm³/mol. The number of benzene rings is 2. The maximum absolute atomic E-state index is 2.41. The quantitative estimate of drug-likeness (QED) is 0.593. The van der Waals surface area contributed by atoms with E-state index in [2.05, 4.69) is 67.8 Å². The molecule has 0 amide bonds. The van der Waals surface area contributed by atoms with Gasteiger partial charge in [0.15, 0.2) is 0 Å². The summed E-state index contributed by atoms with van der Waals surface area (Å²) in [6.45, 7) is 7.80. The molecule has 3 rings (SSSR count). The molecule has 0 bridgehead atoms. The highest BCUT2D eigenvalue weighted by molar-refractivity contribution is 6.08. The van der Waals surface area contributed by atoms with Gasteiger partial charge in [0.2, 0.25) is 0 Å². The summed E-state index contributed by atoms with van der Waals surface area (Å²) in [5, 5.41) is 2.78. The Balaban J connectivity index is 2.36. The topological polar surface area (TPSA) is 4.93 Å². The largest absolute Gasteiger partial charge is 0.341 e. The SMILES string of the molecule is CCC(C)c1ccc2c(c1)c1ccccc1n2CC. The van der Waals surface area contributed by atoms with Crippen LogP contribution in [0, 0.1) is 0 Å². The van der Waals surface area contributed by atoms with Crippen LogP contribution >= 0.6 is 0 Å². The predicted octanol–water partition coefficient (Wildman–Crippen LogP) is 5.33. The van der Waals surface area contributed by atoms with Crippen molar-refractivity contribution in [1.29, 1.82) is 0 Å². The van der Waals surface area contributed by atoms with E-state index in [1.54, 1.807) is 0 Å². The molecule has 0 fully saturated rings. The van der Waals surface area contributed by atoms with E-state index in [1.807, 2.05) is 0 Å². The van der Waals surface area contributed by atoms with Crippen LogP contribution in [-0.4, -0.2) is 4.57 Å². The molecule has 0 aliphatic heterocycles. The van der Waals surface area contributed by atoms with Crippen molar-refractivity contribution in [2.45, 2.75) is 39.7 Å². The zero-order valence-electron chi connectivity index (χ0n) is 12.0. The van der Waals surface area contributed by atoms with Crippen molar-refractivity contribution in [1.82, 2.24) is 4.57 Å². The molecule has 0 radical (unpaired) electrons. The van der Waals surface area contributed by atoms with Crippen LogP contribution in [0.3, 0.4) is 0 Å². The van der Waals surface area contributed by atoms with E-state index in [1.165, 1.54) is 33.8 Å². The molecule has 1 atom stereocenters. The third-order valence-corrected chi connectivity index (χ3v) is 4.29. The number of hydrogen-bond acceptors (Lipinski definition) is 0. The van der Waals surface area contributed by atoms with E-state index >= 15 is 0 Å². The smallest absolute Gasteiger partial charge is 0.0491 e. The summed E-state index contributed by atoms with van der Waals surface area (Å²) in [7, 11) is 0. The number of hydrogen-bond donors (Lipinski definition) is 0. The molecule has 0 saturated heterocycles. The first-order valence-electron chi connectivity index (χ1n) is 7.27. The molecule has 19 heavy (non-hydrogen) atoms. The fourth-order valence-electron chi connectivity index (χ4n) is 2.95. The van der Waals surface area contributed by atoms with Crippen molar-refractivity contribution in [3.63, 3.8) is 0 Å². The first-order chi connectivity index (χ1) is 9.26. The van der Waals surface area contributed by atoms with Crippen molar-refractivity contribution >= 4 is 21.8 Å². The summed E-state index contributed by atoms with van der Waals surface area (Å²) in [5.74, 6) is 0.633. The maximum Gasteiger partial charge on any atom is 0.0491 e. The maximum atomic E-state index is 2.41. The van der Waals surface area contributed by atoms with Gasteiger partial charge in [0.1, 0.15) is 0 Å². The van der Waals surface area contributed by atoms with Gasteiger partial charge in [-0.05, 0) is 43.0 Å². The van der Waals surface area contributed by atoms with Gasteiger partial charge in [-0.3, -0.25) is 0 Å². The van der Waals surface area contributed by atoms with Crippen LogP contribution in [0.2, 0.25) is 0 Å². The van der Waals surface area contributed by atoms with Crippen molar-refractivity contribution in [2.75, 3.05) is 0 Å². The van der Waals surface area contributed by atoms with Crippen molar-refractivity contribution in [2.24, 2.45) is 0 Å². The molecule has 2 aromatic carbocycles. The Morgan fingerprint density at radius 1 is 0.947 bits per heavy atom. The van der Waals surface area contributed by atoms with Crippen LogP contribution in [0.15, 0.2) is 42.5 Å². The normalized spacial score (nSPS) is 13.2. The summed E-state index contributed by atoms with van der Waals surface area (Å²) in [6.07, 6.45) is 1.19. The lowest BCUT2D eigenvalue weighted by Crippen LogP contribution is -1.94. The van der Waals surface area contributed by atoms with E-state index in [0.717, 1.165) is 6.54 Å². The van der Waals surface area contributed by atoms with E-state index in [9.17, 15) is 0 Å². The molecule has 0 aliphatic carbocycles. The highest BCUT2D eigenvalue weighted by atomic mass is 15.0. The van der Waals surface area contributed by atoms with Crippen LogP contribution < -0.4 is 0 Å². The Kier molecular flexibility index (Phi) is 3.06. The molecule has 1 nitrogen and oxygen atoms in total. The molecule has 0 saturated carbocycles. The minimum Gasteiger partial charge on any atom is -0.341 e. The van der Waals surface area contributed by atoms with Gasteiger partial charge < -0.3 is 4.57 Å². The van der Waals surface area contributed by atoms with Gasteiger partial charge in [0, 0.05) is 28.4 Å². The first kappa shape index (κ1) is 12.3. The van der Waals surface area contributed by atoms with Crippen LogP contribution in [0.5, 0.6) is 0 Å². The van der Waals surface area contributed by atoms with Gasteiger partial charge in [-0.2, -0.15) is 0 Å². The zero-order valence-corrected chi connectivity index (χ0v) is 12.0. The average molecular weight is 251 g/mol. The van der Waals surface area contributed by atoms with Gasteiger partial charge in [-0.15, -0.1) is 0 Å². The lowest BCUT2D eigenvalue weighted by atomic mass is 9.97. The van der Waals surface area contributed by atoms with Gasteiger partial charge in [0.25, 0.3) is 0 Å². The molecular weight excluding hydrogens is 230 g/mol. The molecule has 1 heteroatoms. The second-order valence-corrected chi connectivity index (χ2v) is 5.35. The van der Waals surface area contributed by atoms with Gasteiger partial charge >= 0.3 is 0 Å². The average Bonchev–Trinajstić information content (AvgIpc) is 2.79. The Labute approximate surface area is 114 Å². The zero-order chi connectivity index (χ0) is 13.4. The molecule has 0 spiro atoms. The number of rotatable bonds is 3.